The van der Waals surface area contributed by atoms with Crippen molar-refractivity contribution in [3.63, 3.8) is 0 Å². The van der Waals surface area contributed by atoms with E-state index in [0.29, 0.717) is 18.1 Å². The van der Waals surface area contributed by atoms with Crippen LogP contribution in [0.5, 0.6) is 0 Å². The first kappa shape index (κ1) is 13.8. The molecule has 1 atom stereocenters. The molecule has 110 valence electrons. The Labute approximate surface area is 125 Å². The summed E-state index contributed by atoms with van der Waals surface area (Å²) in [6.07, 6.45) is 2.92. The smallest absolute Gasteiger partial charge is 0.290 e. The van der Waals surface area contributed by atoms with Crippen molar-refractivity contribution in [3.8, 4) is 0 Å². The van der Waals surface area contributed by atoms with Crippen LogP contribution >= 0.6 is 11.3 Å². The molecule has 1 N–H and O–H groups in total. The molecule has 7 heteroatoms. The zero-order valence-electron chi connectivity index (χ0n) is 11.5. The predicted molar refractivity (Wildman–Crippen MR) is 78.2 cm³/mol. The van der Waals surface area contributed by atoms with Gasteiger partial charge in [0.25, 0.3) is 5.91 Å². The van der Waals surface area contributed by atoms with Crippen LogP contribution < -0.4 is 5.32 Å². The summed E-state index contributed by atoms with van der Waals surface area (Å²) in [7, 11) is 0. The third-order valence-electron chi connectivity index (χ3n) is 3.40. The minimum atomic E-state index is -0.466. The summed E-state index contributed by atoms with van der Waals surface area (Å²) in [6, 6.07) is 2.81. The maximum absolute atomic E-state index is 12.3. The predicted octanol–water partition coefficient (Wildman–Crippen LogP) is 2.29. The quantitative estimate of drug-likeness (QED) is 0.944. The summed E-state index contributed by atoms with van der Waals surface area (Å²) in [5.74, 6) is -0.172. The van der Waals surface area contributed by atoms with Gasteiger partial charge in [0, 0.05) is 11.9 Å². The van der Waals surface area contributed by atoms with Crippen molar-refractivity contribution in [2.75, 3.05) is 11.9 Å². The third kappa shape index (κ3) is 2.82. The first-order valence-corrected chi connectivity index (χ1v) is 7.60. The van der Waals surface area contributed by atoms with E-state index >= 15 is 0 Å². The number of likely N-dealkylation sites (tertiary alicyclic amines) is 1. The molecule has 2 amide bonds. The number of carbonyl (C=O) groups is 2. The molecule has 3 rings (SSSR count). The van der Waals surface area contributed by atoms with E-state index in [0.717, 1.165) is 12.1 Å². The molecule has 0 aromatic carbocycles. The topological polar surface area (TPSA) is 75.4 Å². The van der Waals surface area contributed by atoms with E-state index in [1.165, 1.54) is 17.6 Å². The molecule has 1 aliphatic heterocycles. The molecular formula is C14H15N3O3S. The second kappa shape index (κ2) is 5.69. The number of furan rings is 1. The zero-order chi connectivity index (χ0) is 14.8. The molecule has 6 nitrogen and oxygen atoms in total. The molecular weight excluding hydrogens is 290 g/mol. The second-order valence-electron chi connectivity index (χ2n) is 4.92. The average Bonchev–Trinajstić information content (AvgIpc) is 3.19. The van der Waals surface area contributed by atoms with E-state index in [4.69, 9.17) is 4.42 Å². The van der Waals surface area contributed by atoms with Crippen LogP contribution in [-0.4, -0.2) is 34.3 Å². The minimum absolute atomic E-state index is 0.193. The number of anilines is 1. The number of amides is 2. The molecule has 0 spiro atoms. The summed E-state index contributed by atoms with van der Waals surface area (Å²) >= 11 is 1.38. The molecule has 1 aliphatic rings. The third-order valence-corrected chi connectivity index (χ3v) is 4.27. The van der Waals surface area contributed by atoms with Crippen LogP contribution in [0.15, 0.2) is 28.2 Å². The van der Waals surface area contributed by atoms with Crippen LogP contribution in [-0.2, 0) is 4.79 Å². The van der Waals surface area contributed by atoms with Crippen LogP contribution in [0.1, 0.15) is 29.1 Å². The molecule has 21 heavy (non-hydrogen) atoms. The van der Waals surface area contributed by atoms with Gasteiger partial charge in [0.2, 0.25) is 5.91 Å². The van der Waals surface area contributed by atoms with Gasteiger partial charge in [-0.2, -0.15) is 0 Å². The van der Waals surface area contributed by atoms with Crippen molar-refractivity contribution in [2.45, 2.75) is 25.8 Å². The fraction of sp³-hybridized carbons (Fsp3) is 0.357. The van der Waals surface area contributed by atoms with Gasteiger partial charge in [-0.15, -0.1) is 11.3 Å². The summed E-state index contributed by atoms with van der Waals surface area (Å²) in [5, 5.41) is 5.21. The number of aromatic nitrogens is 1. The normalized spacial score (nSPS) is 18.0. The minimum Gasteiger partial charge on any atom is -0.459 e. The summed E-state index contributed by atoms with van der Waals surface area (Å²) in [4.78, 5) is 30.4. The Balaban J connectivity index is 1.71. The summed E-state index contributed by atoms with van der Waals surface area (Å²) < 4.78 is 5.12. The first-order chi connectivity index (χ1) is 10.1. The fourth-order valence-electron chi connectivity index (χ4n) is 2.42. The van der Waals surface area contributed by atoms with E-state index in [9.17, 15) is 9.59 Å². The van der Waals surface area contributed by atoms with E-state index in [1.807, 2.05) is 12.3 Å². The molecule has 0 radical (unpaired) electrons. The number of hydrogen-bond acceptors (Lipinski definition) is 5. The number of nitrogens with zero attached hydrogens (tertiary/aromatic N) is 2. The van der Waals surface area contributed by atoms with Crippen LogP contribution in [0.2, 0.25) is 0 Å². The van der Waals surface area contributed by atoms with Gasteiger partial charge in [0.15, 0.2) is 10.9 Å². The Morgan fingerprint density at radius 1 is 1.52 bits per heavy atom. The van der Waals surface area contributed by atoms with Crippen molar-refractivity contribution in [3.05, 3.63) is 35.2 Å². The lowest BCUT2D eigenvalue weighted by Crippen LogP contribution is -2.43. The molecule has 1 fully saturated rings. The van der Waals surface area contributed by atoms with Gasteiger partial charge in [-0.05, 0) is 31.9 Å². The van der Waals surface area contributed by atoms with Crippen LogP contribution in [0.25, 0.3) is 0 Å². The van der Waals surface area contributed by atoms with Gasteiger partial charge < -0.3 is 14.6 Å². The van der Waals surface area contributed by atoms with Gasteiger partial charge in [0.05, 0.1) is 12.0 Å². The summed E-state index contributed by atoms with van der Waals surface area (Å²) in [5.41, 5.74) is 0.866. The number of hydrogen-bond donors (Lipinski definition) is 1. The van der Waals surface area contributed by atoms with Crippen molar-refractivity contribution < 1.29 is 14.0 Å². The average molecular weight is 305 g/mol. The van der Waals surface area contributed by atoms with Crippen LogP contribution in [0, 0.1) is 6.92 Å². The highest BCUT2D eigenvalue weighted by Crippen LogP contribution is 2.23. The number of nitrogens with one attached hydrogen (secondary N) is 1. The zero-order valence-corrected chi connectivity index (χ0v) is 12.4. The highest BCUT2D eigenvalue weighted by atomic mass is 32.1. The molecule has 1 saturated heterocycles. The highest BCUT2D eigenvalue weighted by Gasteiger charge is 2.35. The van der Waals surface area contributed by atoms with Crippen LogP contribution in [0.4, 0.5) is 5.13 Å². The number of thiazole rings is 1. The van der Waals surface area contributed by atoms with E-state index in [2.05, 4.69) is 10.3 Å². The van der Waals surface area contributed by atoms with Crippen LogP contribution in [0.3, 0.4) is 0 Å². The lowest BCUT2D eigenvalue weighted by atomic mass is 10.2. The Kier molecular flexibility index (Phi) is 3.74. The highest BCUT2D eigenvalue weighted by molar-refractivity contribution is 7.13. The van der Waals surface area contributed by atoms with Crippen molar-refractivity contribution in [1.82, 2.24) is 9.88 Å². The van der Waals surface area contributed by atoms with Gasteiger partial charge in [-0.1, -0.05) is 0 Å². The molecule has 0 bridgehead atoms. The van der Waals surface area contributed by atoms with Crippen molar-refractivity contribution in [2.24, 2.45) is 0 Å². The van der Waals surface area contributed by atoms with Crippen molar-refractivity contribution >= 4 is 28.3 Å². The Hall–Kier alpha value is -2.15. The Morgan fingerprint density at radius 3 is 3.05 bits per heavy atom. The fourth-order valence-corrected chi connectivity index (χ4v) is 3.12. The molecule has 0 saturated carbocycles. The number of aryl methyl sites for hydroxylation is 1. The van der Waals surface area contributed by atoms with E-state index in [1.54, 1.807) is 17.0 Å². The standard InChI is InChI=1S/C14H15N3O3S/c1-9-8-21-14(15-9)16-12(18)10-4-2-6-17(10)13(19)11-5-3-7-20-11/h3,5,7-8,10H,2,4,6H2,1H3,(H,15,16,18). The SMILES string of the molecule is Cc1csc(NC(=O)C2CCCN2C(=O)c2ccco2)n1. The number of carbonyl (C=O) groups excluding carboxylic acids is 2. The molecule has 2 aromatic rings. The molecule has 3 heterocycles. The van der Waals surface area contributed by atoms with Gasteiger partial charge in [-0.3, -0.25) is 9.59 Å². The Bertz CT molecular complexity index is 650. The maximum atomic E-state index is 12.3. The molecule has 1 unspecified atom stereocenters. The van der Waals surface area contributed by atoms with Crippen molar-refractivity contribution in [1.29, 1.82) is 0 Å². The Morgan fingerprint density at radius 2 is 2.38 bits per heavy atom. The first-order valence-electron chi connectivity index (χ1n) is 6.72. The monoisotopic (exact) mass is 305 g/mol. The maximum Gasteiger partial charge on any atom is 0.290 e. The lowest BCUT2D eigenvalue weighted by molar-refractivity contribution is -0.119. The number of rotatable bonds is 3. The van der Waals surface area contributed by atoms with Gasteiger partial charge in [-0.25, -0.2) is 4.98 Å². The summed E-state index contributed by atoms with van der Waals surface area (Å²) in [6.45, 7) is 2.43. The second-order valence-corrected chi connectivity index (χ2v) is 5.78. The van der Waals surface area contributed by atoms with E-state index < -0.39 is 6.04 Å². The molecule has 2 aromatic heterocycles. The van der Waals surface area contributed by atoms with Gasteiger partial charge in [0.1, 0.15) is 6.04 Å². The lowest BCUT2D eigenvalue weighted by Gasteiger charge is -2.22. The largest absolute Gasteiger partial charge is 0.459 e. The van der Waals surface area contributed by atoms with E-state index in [-0.39, 0.29) is 17.6 Å². The molecule has 0 aliphatic carbocycles. The van der Waals surface area contributed by atoms with Gasteiger partial charge >= 0.3 is 0 Å².